The molecule has 0 amide bonds. The van der Waals surface area contributed by atoms with Crippen molar-refractivity contribution in [2.24, 2.45) is 0 Å². The minimum atomic E-state index is 0.786. The lowest BCUT2D eigenvalue weighted by molar-refractivity contribution is 1.10. The Hall–Kier alpha value is -7.43. The van der Waals surface area contributed by atoms with Crippen molar-refractivity contribution in [2.75, 3.05) is 0 Å². The van der Waals surface area contributed by atoms with Gasteiger partial charge in [0.2, 0.25) is 0 Å². The van der Waals surface area contributed by atoms with Crippen molar-refractivity contribution >= 4 is 54.4 Å². The second-order valence-corrected chi connectivity index (χ2v) is 13.9. The Labute approximate surface area is 317 Å². The molecule has 256 valence electrons. The maximum atomic E-state index is 5.41. The van der Waals surface area contributed by atoms with Crippen molar-refractivity contribution in [1.29, 1.82) is 0 Å². The zero-order chi connectivity index (χ0) is 36.3. The van der Waals surface area contributed by atoms with Crippen LogP contribution in [0.2, 0.25) is 0 Å². The molecule has 4 heteroatoms. The Bertz CT molecular complexity index is 3180. The molecular weight excluding hydrogens is 669 g/mol. The van der Waals surface area contributed by atoms with Gasteiger partial charge in [0.05, 0.1) is 11.2 Å². The molecule has 0 bridgehead atoms. The van der Waals surface area contributed by atoms with E-state index < -0.39 is 0 Å². The number of rotatable bonds is 5. The van der Waals surface area contributed by atoms with Crippen LogP contribution in [0.15, 0.2) is 194 Å². The second-order valence-electron chi connectivity index (χ2n) is 13.9. The summed E-state index contributed by atoms with van der Waals surface area (Å²) < 4.78 is 2.25. The molecule has 0 saturated heterocycles. The van der Waals surface area contributed by atoms with E-state index in [2.05, 4.69) is 168 Å². The van der Waals surface area contributed by atoms with Crippen molar-refractivity contribution in [3.05, 3.63) is 194 Å². The molecule has 11 rings (SSSR count). The third-order valence-corrected chi connectivity index (χ3v) is 10.8. The van der Waals surface area contributed by atoms with Crippen LogP contribution in [0.4, 0.5) is 0 Å². The van der Waals surface area contributed by atoms with Crippen LogP contribution < -0.4 is 0 Å². The molecule has 0 aliphatic heterocycles. The lowest BCUT2D eigenvalue weighted by atomic mass is 9.84. The fourth-order valence-corrected chi connectivity index (χ4v) is 8.43. The molecule has 8 aromatic carbocycles. The van der Waals surface area contributed by atoms with Gasteiger partial charge in [0, 0.05) is 23.0 Å². The molecule has 55 heavy (non-hydrogen) atoms. The van der Waals surface area contributed by atoms with Gasteiger partial charge < -0.3 is 0 Å². The Kier molecular flexibility index (Phi) is 7.14. The van der Waals surface area contributed by atoms with Crippen molar-refractivity contribution < 1.29 is 0 Å². The molecule has 0 aliphatic rings. The van der Waals surface area contributed by atoms with Gasteiger partial charge in [-0.3, -0.25) is 9.55 Å². The maximum Gasteiger partial charge on any atom is 0.145 e. The number of fused-ring (bicyclic) bond motifs is 6. The molecule has 0 aliphatic carbocycles. The molecule has 0 saturated carbocycles. The van der Waals surface area contributed by atoms with Crippen LogP contribution in [0.5, 0.6) is 0 Å². The lowest BCUT2D eigenvalue weighted by Gasteiger charge is -2.19. The van der Waals surface area contributed by atoms with Gasteiger partial charge in [-0.2, -0.15) is 0 Å². The number of hydrogen-bond donors (Lipinski definition) is 0. The fourth-order valence-electron chi connectivity index (χ4n) is 8.43. The summed E-state index contributed by atoms with van der Waals surface area (Å²) in [4.78, 5) is 15.4. The highest BCUT2D eigenvalue weighted by Gasteiger charge is 2.23. The Morgan fingerprint density at radius 2 is 0.964 bits per heavy atom. The number of aromatic nitrogens is 4. The summed E-state index contributed by atoms with van der Waals surface area (Å²) in [5.41, 5.74) is 12.2. The van der Waals surface area contributed by atoms with Gasteiger partial charge in [-0.1, -0.05) is 164 Å². The number of nitrogens with zero attached hydrogens (tertiary/aromatic N) is 4. The van der Waals surface area contributed by atoms with Crippen molar-refractivity contribution in [3.63, 3.8) is 0 Å². The predicted molar refractivity (Wildman–Crippen MR) is 228 cm³/mol. The van der Waals surface area contributed by atoms with E-state index in [9.17, 15) is 0 Å². The number of para-hydroxylation sites is 1. The normalized spacial score (nSPS) is 11.6. The first kappa shape index (κ1) is 31.1. The Morgan fingerprint density at radius 1 is 0.382 bits per heavy atom. The van der Waals surface area contributed by atoms with Gasteiger partial charge in [-0.15, -0.1) is 0 Å². The van der Waals surface area contributed by atoms with Crippen molar-refractivity contribution in [3.8, 4) is 50.6 Å². The molecule has 0 radical (unpaired) electrons. The third kappa shape index (κ3) is 4.96. The van der Waals surface area contributed by atoms with E-state index in [0.717, 1.165) is 56.0 Å². The van der Waals surface area contributed by atoms with Crippen LogP contribution in [0, 0.1) is 0 Å². The van der Waals surface area contributed by atoms with E-state index in [1.807, 2.05) is 30.5 Å². The SMILES string of the molecule is c1ccc(-c2nc3cccnc3c3nc(-c4ccc(-c5c6ccccc6c(-c6cccc7ccccc67)c6ccccc56)cc4)n(-c4ccccc4)c23)cc1. The summed E-state index contributed by atoms with van der Waals surface area (Å²) in [6.07, 6.45) is 1.82. The fraction of sp³-hybridized carbons (Fsp3) is 0. The van der Waals surface area contributed by atoms with E-state index in [-0.39, 0.29) is 0 Å². The molecule has 0 unspecified atom stereocenters. The average Bonchev–Trinajstić information content (AvgIpc) is 3.67. The largest absolute Gasteiger partial charge is 0.290 e. The van der Waals surface area contributed by atoms with Crippen molar-refractivity contribution in [1.82, 2.24) is 19.5 Å². The van der Waals surface area contributed by atoms with E-state index in [1.165, 1.54) is 49.0 Å². The van der Waals surface area contributed by atoms with E-state index in [4.69, 9.17) is 15.0 Å². The quantitative estimate of drug-likeness (QED) is 0.168. The highest BCUT2D eigenvalue weighted by Crippen LogP contribution is 2.46. The van der Waals surface area contributed by atoms with Crippen LogP contribution in [-0.4, -0.2) is 19.5 Å². The average molecular weight is 701 g/mol. The summed E-state index contributed by atoms with van der Waals surface area (Å²) in [5.74, 6) is 0.839. The van der Waals surface area contributed by atoms with Crippen molar-refractivity contribution in [2.45, 2.75) is 0 Å². The van der Waals surface area contributed by atoms with E-state index >= 15 is 0 Å². The highest BCUT2D eigenvalue weighted by atomic mass is 15.1. The van der Waals surface area contributed by atoms with Crippen LogP contribution in [-0.2, 0) is 0 Å². The van der Waals surface area contributed by atoms with Gasteiger partial charge in [0.15, 0.2) is 0 Å². The lowest BCUT2D eigenvalue weighted by Crippen LogP contribution is -2.00. The summed E-state index contributed by atoms with van der Waals surface area (Å²) >= 11 is 0. The molecular formula is C51H32N4. The maximum absolute atomic E-state index is 5.41. The molecule has 0 atom stereocenters. The van der Waals surface area contributed by atoms with E-state index in [1.54, 1.807) is 0 Å². The topological polar surface area (TPSA) is 43.6 Å². The van der Waals surface area contributed by atoms with Gasteiger partial charge >= 0.3 is 0 Å². The standard InChI is InChI=1S/C51H32N4/c1-3-16-35(17-4-1)47-50-49(48-44(53-47)27-14-32-52-48)54-51(55(50)37-19-5-2-6-20-37)36-30-28-34(29-31-36)45-40-22-9-11-24-42(40)46(43-25-12-10-23-41(43)45)39-26-13-18-33-15-7-8-21-38(33)39/h1-32H. The van der Waals surface area contributed by atoms with Crippen LogP contribution in [0.3, 0.4) is 0 Å². The molecule has 4 nitrogen and oxygen atoms in total. The summed E-state index contributed by atoms with van der Waals surface area (Å²) in [7, 11) is 0. The summed E-state index contributed by atoms with van der Waals surface area (Å²) in [6, 6.07) is 66.7. The zero-order valence-electron chi connectivity index (χ0n) is 29.8. The summed E-state index contributed by atoms with van der Waals surface area (Å²) in [6.45, 7) is 0. The monoisotopic (exact) mass is 700 g/mol. The predicted octanol–water partition coefficient (Wildman–Crippen LogP) is 13.1. The van der Waals surface area contributed by atoms with Crippen LogP contribution in [0.25, 0.3) is 105 Å². The smallest absolute Gasteiger partial charge is 0.145 e. The second kappa shape index (κ2) is 12.6. The molecule has 3 heterocycles. The Balaban J connectivity index is 1.15. The summed E-state index contributed by atoms with van der Waals surface area (Å²) in [5, 5.41) is 7.43. The number of benzene rings is 8. The zero-order valence-corrected chi connectivity index (χ0v) is 29.8. The van der Waals surface area contributed by atoms with Crippen LogP contribution in [0.1, 0.15) is 0 Å². The highest BCUT2D eigenvalue weighted by molar-refractivity contribution is 6.23. The molecule has 3 aromatic heterocycles. The molecule has 11 aromatic rings. The number of hydrogen-bond acceptors (Lipinski definition) is 3. The number of pyridine rings is 2. The minimum absolute atomic E-state index is 0.786. The Morgan fingerprint density at radius 3 is 1.67 bits per heavy atom. The van der Waals surface area contributed by atoms with Gasteiger partial charge in [0.1, 0.15) is 22.4 Å². The molecule has 0 fully saturated rings. The van der Waals surface area contributed by atoms with Gasteiger partial charge in [0.25, 0.3) is 0 Å². The van der Waals surface area contributed by atoms with Crippen LogP contribution >= 0.6 is 0 Å². The first-order chi connectivity index (χ1) is 27.3. The third-order valence-electron chi connectivity index (χ3n) is 10.8. The first-order valence-corrected chi connectivity index (χ1v) is 18.6. The molecule has 0 spiro atoms. The number of imidazole rings is 1. The first-order valence-electron chi connectivity index (χ1n) is 18.6. The van der Waals surface area contributed by atoms with Gasteiger partial charge in [-0.05, 0) is 78.8 Å². The minimum Gasteiger partial charge on any atom is -0.290 e. The van der Waals surface area contributed by atoms with E-state index in [0.29, 0.717) is 0 Å². The molecule has 0 N–H and O–H groups in total. The van der Waals surface area contributed by atoms with Gasteiger partial charge in [-0.25, -0.2) is 9.97 Å².